The second-order valence-electron chi connectivity index (χ2n) is 3.46. The van der Waals surface area contributed by atoms with Crippen LogP contribution in [0.2, 0.25) is 0 Å². The Balaban J connectivity index is 2.42. The topological polar surface area (TPSA) is 28.0 Å². The molecule has 0 bridgehead atoms. The zero-order chi connectivity index (χ0) is 9.26. The highest BCUT2D eigenvalue weighted by Crippen LogP contribution is 2.27. The molecule has 0 saturated carbocycles. The Kier molecular flexibility index (Phi) is 2.00. The van der Waals surface area contributed by atoms with Crippen LogP contribution in [0.15, 0.2) is 34.6 Å². The van der Waals surface area contributed by atoms with Crippen LogP contribution in [0.3, 0.4) is 0 Å². The van der Waals surface area contributed by atoms with E-state index in [1.807, 2.05) is 17.1 Å². The van der Waals surface area contributed by atoms with Gasteiger partial charge in [-0.05, 0) is 19.9 Å². The number of anilines is 1. The number of nitrogens with zero attached hydrogens (tertiary/aromatic N) is 3. The van der Waals surface area contributed by atoms with Crippen molar-refractivity contribution in [2.24, 2.45) is 10.3 Å². The van der Waals surface area contributed by atoms with Crippen LogP contribution in [0.5, 0.6) is 0 Å². The largest absolute Gasteiger partial charge is 0.244 e. The Labute approximate surface area is 78.1 Å². The molecule has 0 atom stereocenters. The molecule has 1 aromatic carbocycles. The fourth-order valence-electron chi connectivity index (χ4n) is 1.47. The van der Waals surface area contributed by atoms with E-state index in [0.29, 0.717) is 12.6 Å². The molecule has 0 unspecified atom stereocenters. The summed E-state index contributed by atoms with van der Waals surface area (Å²) in [6, 6.07) is 8.63. The number of fused-ring (bicyclic) bond motifs is 1. The third kappa shape index (κ3) is 1.41. The summed E-state index contributed by atoms with van der Waals surface area (Å²) in [6.45, 7) is 4.93. The SMILES string of the molecule is CC(C)N1N=NCc2ccccc21. The van der Waals surface area contributed by atoms with Crippen LogP contribution in [0.25, 0.3) is 0 Å². The van der Waals surface area contributed by atoms with E-state index in [0.717, 1.165) is 0 Å². The van der Waals surface area contributed by atoms with Crippen LogP contribution in [0, 0.1) is 0 Å². The summed E-state index contributed by atoms with van der Waals surface area (Å²) in [7, 11) is 0. The number of para-hydroxylation sites is 1. The molecule has 0 amide bonds. The second-order valence-corrected chi connectivity index (χ2v) is 3.46. The van der Waals surface area contributed by atoms with Crippen LogP contribution in [-0.4, -0.2) is 6.04 Å². The average molecular weight is 175 g/mol. The summed E-state index contributed by atoms with van der Waals surface area (Å²) >= 11 is 0. The summed E-state index contributed by atoms with van der Waals surface area (Å²) < 4.78 is 0. The van der Waals surface area contributed by atoms with Crippen molar-refractivity contribution in [3.8, 4) is 0 Å². The Morgan fingerprint density at radius 1 is 1.31 bits per heavy atom. The molecule has 0 saturated heterocycles. The minimum absolute atomic E-state index is 0.366. The lowest BCUT2D eigenvalue weighted by atomic mass is 10.1. The van der Waals surface area contributed by atoms with Gasteiger partial charge in [-0.25, -0.2) is 5.01 Å². The Morgan fingerprint density at radius 2 is 2.08 bits per heavy atom. The van der Waals surface area contributed by atoms with Crippen LogP contribution in [-0.2, 0) is 6.54 Å². The van der Waals surface area contributed by atoms with Crippen molar-refractivity contribution < 1.29 is 0 Å². The van der Waals surface area contributed by atoms with Crippen molar-refractivity contribution in [3.63, 3.8) is 0 Å². The Hall–Kier alpha value is -1.38. The van der Waals surface area contributed by atoms with Gasteiger partial charge in [0.05, 0.1) is 12.2 Å². The Morgan fingerprint density at radius 3 is 2.85 bits per heavy atom. The predicted molar refractivity (Wildman–Crippen MR) is 52.6 cm³/mol. The highest BCUT2D eigenvalue weighted by atomic mass is 15.6. The quantitative estimate of drug-likeness (QED) is 0.645. The van der Waals surface area contributed by atoms with Gasteiger partial charge < -0.3 is 0 Å². The van der Waals surface area contributed by atoms with Crippen molar-refractivity contribution in [1.29, 1.82) is 0 Å². The lowest BCUT2D eigenvalue weighted by molar-refractivity contribution is 0.643. The fraction of sp³-hybridized carbons (Fsp3) is 0.400. The van der Waals surface area contributed by atoms with Gasteiger partial charge in [-0.3, -0.25) is 0 Å². The molecule has 68 valence electrons. The summed E-state index contributed by atoms with van der Waals surface area (Å²) in [5.74, 6) is 0. The van der Waals surface area contributed by atoms with E-state index in [9.17, 15) is 0 Å². The summed E-state index contributed by atoms with van der Waals surface area (Å²) in [4.78, 5) is 0. The zero-order valence-corrected chi connectivity index (χ0v) is 7.94. The minimum Gasteiger partial charge on any atom is -0.244 e. The van der Waals surface area contributed by atoms with Crippen LogP contribution in [0.1, 0.15) is 19.4 Å². The van der Waals surface area contributed by atoms with Gasteiger partial charge in [-0.15, -0.1) is 0 Å². The van der Waals surface area contributed by atoms with Gasteiger partial charge in [0.2, 0.25) is 0 Å². The summed E-state index contributed by atoms with van der Waals surface area (Å²) in [5.41, 5.74) is 2.44. The number of hydrogen-bond donors (Lipinski definition) is 0. The van der Waals surface area contributed by atoms with Gasteiger partial charge in [0.25, 0.3) is 0 Å². The molecule has 3 heteroatoms. The van der Waals surface area contributed by atoms with E-state index in [-0.39, 0.29) is 0 Å². The summed E-state index contributed by atoms with van der Waals surface area (Å²) in [5, 5.41) is 10.2. The summed E-state index contributed by atoms with van der Waals surface area (Å²) in [6.07, 6.45) is 0. The van der Waals surface area contributed by atoms with E-state index in [1.54, 1.807) is 0 Å². The minimum atomic E-state index is 0.366. The maximum Gasteiger partial charge on any atom is 0.0891 e. The second kappa shape index (κ2) is 3.17. The molecule has 1 aromatic rings. The van der Waals surface area contributed by atoms with Crippen molar-refractivity contribution >= 4 is 5.69 Å². The zero-order valence-electron chi connectivity index (χ0n) is 7.94. The van der Waals surface area contributed by atoms with Gasteiger partial charge in [0, 0.05) is 11.6 Å². The van der Waals surface area contributed by atoms with Crippen molar-refractivity contribution in [2.75, 3.05) is 5.01 Å². The number of rotatable bonds is 1. The van der Waals surface area contributed by atoms with Crippen molar-refractivity contribution in [1.82, 2.24) is 0 Å². The molecular formula is C10H13N3. The molecule has 0 spiro atoms. The van der Waals surface area contributed by atoms with Gasteiger partial charge in [0.1, 0.15) is 0 Å². The smallest absolute Gasteiger partial charge is 0.0891 e. The molecule has 0 aromatic heterocycles. The van der Waals surface area contributed by atoms with Crippen LogP contribution >= 0.6 is 0 Å². The standard InChI is InChI=1S/C10H13N3/c1-8(2)13-10-6-4-3-5-9(10)7-11-12-13/h3-6,8H,7H2,1-2H3. The highest BCUT2D eigenvalue weighted by molar-refractivity contribution is 5.54. The highest BCUT2D eigenvalue weighted by Gasteiger charge is 2.16. The third-order valence-electron chi connectivity index (χ3n) is 2.13. The molecule has 3 nitrogen and oxygen atoms in total. The normalized spacial score (nSPS) is 14.8. The van der Waals surface area contributed by atoms with Gasteiger partial charge in [-0.1, -0.05) is 23.4 Å². The molecule has 1 aliphatic rings. The van der Waals surface area contributed by atoms with Crippen LogP contribution in [0.4, 0.5) is 5.69 Å². The van der Waals surface area contributed by atoms with E-state index in [1.165, 1.54) is 11.3 Å². The van der Waals surface area contributed by atoms with E-state index in [2.05, 4.69) is 36.3 Å². The molecule has 2 rings (SSSR count). The number of benzene rings is 1. The van der Waals surface area contributed by atoms with Crippen molar-refractivity contribution in [2.45, 2.75) is 26.4 Å². The molecule has 0 N–H and O–H groups in total. The van der Waals surface area contributed by atoms with Crippen LogP contribution < -0.4 is 5.01 Å². The van der Waals surface area contributed by atoms with Gasteiger partial charge >= 0.3 is 0 Å². The first-order chi connectivity index (χ1) is 6.29. The van der Waals surface area contributed by atoms with E-state index >= 15 is 0 Å². The number of hydrogen-bond acceptors (Lipinski definition) is 3. The first-order valence-corrected chi connectivity index (χ1v) is 4.53. The Bertz CT molecular complexity index is 331. The molecule has 1 heterocycles. The molecule has 0 radical (unpaired) electrons. The molecule has 13 heavy (non-hydrogen) atoms. The van der Waals surface area contributed by atoms with Gasteiger partial charge in [-0.2, -0.15) is 5.11 Å². The predicted octanol–water partition coefficient (Wildman–Crippen LogP) is 2.78. The average Bonchev–Trinajstić information content (AvgIpc) is 2.17. The molecule has 0 aliphatic carbocycles. The lowest BCUT2D eigenvalue weighted by Crippen LogP contribution is -2.27. The molecular weight excluding hydrogens is 162 g/mol. The van der Waals surface area contributed by atoms with E-state index in [4.69, 9.17) is 0 Å². The van der Waals surface area contributed by atoms with Crippen molar-refractivity contribution in [3.05, 3.63) is 29.8 Å². The lowest BCUT2D eigenvalue weighted by Gasteiger charge is -2.26. The fourth-order valence-corrected chi connectivity index (χ4v) is 1.47. The molecule has 1 aliphatic heterocycles. The monoisotopic (exact) mass is 175 g/mol. The molecule has 0 fully saturated rings. The first kappa shape index (κ1) is 8.23. The maximum absolute atomic E-state index is 4.13. The third-order valence-corrected chi connectivity index (χ3v) is 2.13. The first-order valence-electron chi connectivity index (χ1n) is 4.53. The van der Waals surface area contributed by atoms with E-state index < -0.39 is 0 Å². The maximum atomic E-state index is 4.13. The van der Waals surface area contributed by atoms with Gasteiger partial charge in [0.15, 0.2) is 0 Å².